The molecule has 0 radical (unpaired) electrons. The number of carbonyl (C=O) groups is 1. The first-order chi connectivity index (χ1) is 8.04. The fourth-order valence-electron chi connectivity index (χ4n) is 1.67. The molecule has 0 fully saturated rings. The van der Waals surface area contributed by atoms with E-state index in [2.05, 4.69) is 11.9 Å². The van der Waals surface area contributed by atoms with Crippen LogP contribution in [0.5, 0.6) is 0 Å². The van der Waals surface area contributed by atoms with E-state index in [1.54, 1.807) is 13.1 Å². The zero-order valence-electron chi connectivity index (χ0n) is 10.7. The Labute approximate surface area is 102 Å². The summed E-state index contributed by atoms with van der Waals surface area (Å²) in [4.78, 5) is 17.2. The standard InChI is InChI=1S/C13H20N2O2/c1-4-7-15(9-11(3)13(16)17)12-8-10(2)5-6-14-12/h5-6,8,11H,4,7,9H2,1-3H3,(H,16,17). The van der Waals surface area contributed by atoms with E-state index in [0.717, 1.165) is 24.3 Å². The molecule has 4 heteroatoms. The summed E-state index contributed by atoms with van der Waals surface area (Å²) < 4.78 is 0. The smallest absolute Gasteiger partial charge is 0.308 e. The van der Waals surface area contributed by atoms with Gasteiger partial charge >= 0.3 is 5.97 Å². The maximum Gasteiger partial charge on any atom is 0.308 e. The Kier molecular flexibility index (Phi) is 4.94. The summed E-state index contributed by atoms with van der Waals surface area (Å²) >= 11 is 0. The Bertz CT molecular complexity index is 379. The van der Waals surface area contributed by atoms with E-state index < -0.39 is 5.97 Å². The molecule has 1 heterocycles. The third kappa shape index (κ3) is 4.06. The molecule has 0 spiro atoms. The highest BCUT2D eigenvalue weighted by molar-refractivity contribution is 5.70. The van der Waals surface area contributed by atoms with Gasteiger partial charge in [0.1, 0.15) is 5.82 Å². The summed E-state index contributed by atoms with van der Waals surface area (Å²) in [5.41, 5.74) is 1.14. The van der Waals surface area contributed by atoms with E-state index in [1.165, 1.54) is 0 Å². The molecule has 1 N–H and O–H groups in total. The molecule has 1 atom stereocenters. The maximum atomic E-state index is 10.9. The van der Waals surface area contributed by atoms with Crippen LogP contribution in [0.3, 0.4) is 0 Å². The summed E-state index contributed by atoms with van der Waals surface area (Å²) in [6, 6.07) is 3.93. The number of aryl methyl sites for hydroxylation is 1. The van der Waals surface area contributed by atoms with Gasteiger partial charge in [0.2, 0.25) is 0 Å². The Morgan fingerprint density at radius 2 is 2.29 bits per heavy atom. The molecule has 0 saturated carbocycles. The third-order valence-electron chi connectivity index (χ3n) is 2.63. The second kappa shape index (κ2) is 6.23. The van der Waals surface area contributed by atoms with Crippen molar-refractivity contribution in [1.82, 2.24) is 4.98 Å². The minimum Gasteiger partial charge on any atom is -0.481 e. The molecule has 0 aromatic carbocycles. The second-order valence-electron chi connectivity index (χ2n) is 4.38. The van der Waals surface area contributed by atoms with Crippen LogP contribution in [-0.2, 0) is 4.79 Å². The van der Waals surface area contributed by atoms with Gasteiger partial charge in [-0.1, -0.05) is 13.8 Å². The van der Waals surface area contributed by atoms with Gasteiger partial charge in [-0.15, -0.1) is 0 Å². The van der Waals surface area contributed by atoms with Crippen molar-refractivity contribution in [3.63, 3.8) is 0 Å². The quantitative estimate of drug-likeness (QED) is 0.823. The molecular weight excluding hydrogens is 216 g/mol. The van der Waals surface area contributed by atoms with Crippen molar-refractivity contribution in [2.24, 2.45) is 5.92 Å². The van der Waals surface area contributed by atoms with E-state index in [0.29, 0.717) is 6.54 Å². The second-order valence-corrected chi connectivity index (χ2v) is 4.38. The van der Waals surface area contributed by atoms with E-state index in [1.807, 2.05) is 24.0 Å². The molecule has 1 rings (SSSR count). The van der Waals surface area contributed by atoms with Crippen molar-refractivity contribution >= 4 is 11.8 Å². The number of carboxylic acid groups (broad SMARTS) is 1. The highest BCUT2D eigenvalue weighted by atomic mass is 16.4. The van der Waals surface area contributed by atoms with Gasteiger partial charge in [-0.05, 0) is 31.0 Å². The fourth-order valence-corrected chi connectivity index (χ4v) is 1.67. The average Bonchev–Trinajstić information content (AvgIpc) is 2.28. The normalized spacial score (nSPS) is 12.2. The van der Waals surface area contributed by atoms with Crippen molar-refractivity contribution in [3.05, 3.63) is 23.9 Å². The van der Waals surface area contributed by atoms with Crippen LogP contribution >= 0.6 is 0 Å². The average molecular weight is 236 g/mol. The number of pyridine rings is 1. The summed E-state index contributed by atoms with van der Waals surface area (Å²) in [5, 5.41) is 8.95. The molecule has 1 aromatic heterocycles. The van der Waals surface area contributed by atoms with Crippen LogP contribution in [0, 0.1) is 12.8 Å². The van der Waals surface area contributed by atoms with Crippen molar-refractivity contribution < 1.29 is 9.90 Å². The van der Waals surface area contributed by atoms with Crippen molar-refractivity contribution in [1.29, 1.82) is 0 Å². The molecule has 4 nitrogen and oxygen atoms in total. The summed E-state index contributed by atoms with van der Waals surface area (Å²) in [5.74, 6) is -0.289. The molecular formula is C13H20N2O2. The molecule has 17 heavy (non-hydrogen) atoms. The van der Waals surface area contributed by atoms with Crippen LogP contribution in [0.2, 0.25) is 0 Å². The number of aromatic nitrogens is 1. The molecule has 0 bridgehead atoms. The highest BCUT2D eigenvalue weighted by Gasteiger charge is 2.16. The maximum absolute atomic E-state index is 10.9. The molecule has 1 unspecified atom stereocenters. The number of hydrogen-bond donors (Lipinski definition) is 1. The Morgan fingerprint density at radius 3 is 2.82 bits per heavy atom. The lowest BCUT2D eigenvalue weighted by Crippen LogP contribution is -2.33. The van der Waals surface area contributed by atoms with Crippen LogP contribution in [-0.4, -0.2) is 29.1 Å². The zero-order chi connectivity index (χ0) is 12.8. The fraction of sp³-hybridized carbons (Fsp3) is 0.538. The first-order valence-electron chi connectivity index (χ1n) is 5.95. The molecule has 0 amide bonds. The van der Waals surface area contributed by atoms with E-state index >= 15 is 0 Å². The lowest BCUT2D eigenvalue weighted by molar-refractivity contribution is -0.140. The minimum absolute atomic E-state index is 0.385. The summed E-state index contributed by atoms with van der Waals surface area (Å²) in [6.07, 6.45) is 2.74. The number of nitrogens with zero attached hydrogens (tertiary/aromatic N) is 2. The van der Waals surface area contributed by atoms with E-state index in [-0.39, 0.29) is 5.92 Å². The minimum atomic E-state index is -0.765. The largest absolute Gasteiger partial charge is 0.481 e. The van der Waals surface area contributed by atoms with Gasteiger partial charge in [-0.25, -0.2) is 4.98 Å². The van der Waals surface area contributed by atoms with Gasteiger partial charge in [0.15, 0.2) is 0 Å². The van der Waals surface area contributed by atoms with Crippen molar-refractivity contribution in [3.8, 4) is 0 Å². The molecule has 0 aliphatic rings. The highest BCUT2D eigenvalue weighted by Crippen LogP contribution is 2.14. The molecule has 94 valence electrons. The van der Waals surface area contributed by atoms with Crippen LogP contribution in [0.4, 0.5) is 5.82 Å². The van der Waals surface area contributed by atoms with Gasteiger partial charge in [0, 0.05) is 19.3 Å². The van der Waals surface area contributed by atoms with Crippen LogP contribution in [0.15, 0.2) is 18.3 Å². The Balaban J connectivity index is 2.81. The Morgan fingerprint density at radius 1 is 1.59 bits per heavy atom. The summed E-state index contributed by atoms with van der Waals surface area (Å²) in [7, 11) is 0. The first kappa shape index (κ1) is 13.5. The Hall–Kier alpha value is -1.58. The van der Waals surface area contributed by atoms with E-state index in [4.69, 9.17) is 5.11 Å². The van der Waals surface area contributed by atoms with Gasteiger partial charge in [-0.2, -0.15) is 0 Å². The van der Waals surface area contributed by atoms with E-state index in [9.17, 15) is 4.79 Å². The molecule has 1 aromatic rings. The molecule has 0 saturated heterocycles. The number of anilines is 1. The molecule has 0 aliphatic heterocycles. The lowest BCUT2D eigenvalue weighted by atomic mass is 10.1. The van der Waals surface area contributed by atoms with Crippen molar-refractivity contribution in [2.75, 3.05) is 18.0 Å². The van der Waals surface area contributed by atoms with Gasteiger partial charge in [0.25, 0.3) is 0 Å². The number of hydrogen-bond acceptors (Lipinski definition) is 3. The predicted octanol–water partition coefficient (Wildman–Crippen LogP) is 2.33. The van der Waals surface area contributed by atoms with Crippen LogP contribution in [0.1, 0.15) is 25.8 Å². The third-order valence-corrected chi connectivity index (χ3v) is 2.63. The predicted molar refractivity (Wildman–Crippen MR) is 68.3 cm³/mol. The zero-order valence-corrected chi connectivity index (χ0v) is 10.7. The van der Waals surface area contributed by atoms with Crippen molar-refractivity contribution in [2.45, 2.75) is 27.2 Å². The van der Waals surface area contributed by atoms with Gasteiger partial charge < -0.3 is 10.0 Å². The monoisotopic (exact) mass is 236 g/mol. The summed E-state index contributed by atoms with van der Waals surface area (Å²) in [6.45, 7) is 7.14. The molecule has 0 aliphatic carbocycles. The number of aliphatic carboxylic acids is 1. The van der Waals surface area contributed by atoms with Crippen LogP contribution in [0.25, 0.3) is 0 Å². The topological polar surface area (TPSA) is 53.4 Å². The first-order valence-corrected chi connectivity index (χ1v) is 5.95. The van der Waals surface area contributed by atoms with Gasteiger partial charge in [0.05, 0.1) is 5.92 Å². The SMILES string of the molecule is CCCN(CC(C)C(=O)O)c1cc(C)ccn1. The number of rotatable bonds is 6. The van der Waals surface area contributed by atoms with Crippen LogP contribution < -0.4 is 4.90 Å². The number of carboxylic acids is 1. The van der Waals surface area contributed by atoms with Gasteiger partial charge in [-0.3, -0.25) is 4.79 Å². The lowest BCUT2D eigenvalue weighted by Gasteiger charge is -2.25.